The molecule has 0 bridgehead atoms. The van der Waals surface area contributed by atoms with E-state index in [1.54, 1.807) is 6.92 Å². The van der Waals surface area contributed by atoms with Crippen molar-refractivity contribution >= 4 is 9.84 Å². The summed E-state index contributed by atoms with van der Waals surface area (Å²) in [5.74, 6) is -7.20. The molecule has 0 aliphatic carbocycles. The van der Waals surface area contributed by atoms with Crippen LogP contribution in [0.4, 0.5) is 17.6 Å². The maximum absolute atomic E-state index is 16.1. The summed E-state index contributed by atoms with van der Waals surface area (Å²) in [5, 5.41) is 11.0. The highest BCUT2D eigenvalue weighted by molar-refractivity contribution is 7.91. The number of benzene rings is 2. The van der Waals surface area contributed by atoms with Crippen molar-refractivity contribution in [1.82, 2.24) is 0 Å². The highest BCUT2D eigenvalue weighted by atomic mass is 32.2. The lowest BCUT2D eigenvalue weighted by Crippen LogP contribution is -2.59. The molecule has 0 amide bonds. The van der Waals surface area contributed by atoms with Gasteiger partial charge in [-0.25, -0.2) is 12.8 Å². The molecule has 1 aliphatic heterocycles. The standard InChI is InChI=1S/C21H22F4O5S/c1-13-8-10-15(11-9-13)31(27,28)12-17-14(2)30-20(26,19(17,22)21(23,24)25)16-6-4-5-7-18(16)29-3/h4-11,14,17,26H,12H2,1-3H3/t14-,17-,19+,20+/m0/s1. The Balaban J connectivity index is 2.14. The first-order valence-corrected chi connectivity index (χ1v) is 11.0. The van der Waals surface area contributed by atoms with Crippen LogP contribution in [0.15, 0.2) is 53.4 Å². The second-order valence-corrected chi connectivity index (χ2v) is 9.61. The monoisotopic (exact) mass is 462 g/mol. The van der Waals surface area contributed by atoms with Crippen LogP contribution in [0.1, 0.15) is 18.1 Å². The summed E-state index contributed by atoms with van der Waals surface area (Å²) in [5.41, 5.74) is -4.26. The molecule has 0 spiro atoms. The van der Waals surface area contributed by atoms with Crippen molar-refractivity contribution in [3.8, 4) is 5.75 Å². The molecule has 0 radical (unpaired) electrons. The van der Waals surface area contributed by atoms with Crippen molar-refractivity contribution in [2.75, 3.05) is 12.9 Å². The molecule has 1 heterocycles. The number of rotatable bonds is 5. The van der Waals surface area contributed by atoms with Gasteiger partial charge in [-0.3, -0.25) is 0 Å². The van der Waals surface area contributed by atoms with E-state index in [1.807, 2.05) is 0 Å². The second-order valence-electron chi connectivity index (χ2n) is 7.58. The van der Waals surface area contributed by atoms with Crippen LogP contribution in [0.3, 0.4) is 0 Å². The predicted octanol–water partition coefficient (Wildman–Crippen LogP) is 3.93. The molecular weight excluding hydrogens is 440 g/mol. The maximum Gasteiger partial charge on any atom is 0.428 e. The van der Waals surface area contributed by atoms with Crippen LogP contribution in [-0.4, -0.2) is 44.3 Å². The zero-order valence-electron chi connectivity index (χ0n) is 17.0. The Morgan fingerprint density at radius 1 is 1.13 bits per heavy atom. The third-order valence-corrected chi connectivity index (χ3v) is 7.38. The van der Waals surface area contributed by atoms with Crippen LogP contribution in [0.2, 0.25) is 0 Å². The van der Waals surface area contributed by atoms with Crippen molar-refractivity contribution in [3.63, 3.8) is 0 Å². The molecule has 1 saturated heterocycles. The van der Waals surface area contributed by atoms with Crippen molar-refractivity contribution < 1.29 is 40.6 Å². The topological polar surface area (TPSA) is 72.8 Å². The van der Waals surface area contributed by atoms with Crippen LogP contribution in [0, 0.1) is 12.8 Å². The summed E-state index contributed by atoms with van der Waals surface area (Å²) in [4.78, 5) is -0.248. The average Bonchev–Trinajstić information content (AvgIpc) is 2.89. The predicted molar refractivity (Wildman–Crippen MR) is 104 cm³/mol. The van der Waals surface area contributed by atoms with Gasteiger partial charge in [0.25, 0.3) is 5.67 Å². The minimum absolute atomic E-state index is 0.231. The summed E-state index contributed by atoms with van der Waals surface area (Å²) in [6.07, 6.45) is -7.23. The molecule has 4 atom stereocenters. The lowest BCUT2D eigenvalue weighted by atomic mass is 9.79. The Labute approximate surface area is 177 Å². The number of hydrogen-bond donors (Lipinski definition) is 1. The fourth-order valence-electron chi connectivity index (χ4n) is 3.93. The van der Waals surface area contributed by atoms with Gasteiger partial charge in [0.2, 0.25) is 5.79 Å². The van der Waals surface area contributed by atoms with Crippen LogP contribution in [0.5, 0.6) is 5.75 Å². The van der Waals surface area contributed by atoms with Gasteiger partial charge in [-0.05, 0) is 38.1 Å². The Hall–Kier alpha value is -2.17. The van der Waals surface area contributed by atoms with Crippen molar-refractivity contribution in [1.29, 1.82) is 0 Å². The summed E-state index contributed by atoms with van der Waals surface area (Å²) in [6, 6.07) is 10.5. The molecule has 2 aromatic carbocycles. The van der Waals surface area contributed by atoms with E-state index in [0.717, 1.165) is 25.7 Å². The maximum atomic E-state index is 16.1. The van der Waals surface area contributed by atoms with Crippen LogP contribution < -0.4 is 4.74 Å². The van der Waals surface area contributed by atoms with E-state index in [0.29, 0.717) is 0 Å². The van der Waals surface area contributed by atoms with Gasteiger partial charge in [0.05, 0.1) is 29.4 Å². The first kappa shape index (κ1) is 23.5. The van der Waals surface area contributed by atoms with Gasteiger partial charge in [-0.15, -0.1) is 0 Å². The number of hydrogen-bond acceptors (Lipinski definition) is 5. The Morgan fingerprint density at radius 3 is 2.26 bits per heavy atom. The van der Waals surface area contributed by atoms with Crippen LogP contribution in [0.25, 0.3) is 0 Å². The van der Waals surface area contributed by atoms with Crippen LogP contribution in [-0.2, 0) is 20.4 Å². The summed E-state index contributed by atoms with van der Waals surface area (Å²) in [6.45, 7) is 2.82. The van der Waals surface area contributed by atoms with Crippen LogP contribution >= 0.6 is 0 Å². The number of sulfone groups is 1. The largest absolute Gasteiger partial charge is 0.496 e. The number of aliphatic hydroxyl groups is 1. The van der Waals surface area contributed by atoms with E-state index >= 15 is 4.39 Å². The number of methoxy groups -OCH3 is 1. The summed E-state index contributed by atoms with van der Waals surface area (Å²) < 4.78 is 94.4. The van der Waals surface area contributed by atoms with E-state index in [1.165, 1.54) is 42.5 Å². The highest BCUT2D eigenvalue weighted by Crippen LogP contribution is 2.60. The molecule has 170 valence electrons. The van der Waals surface area contributed by atoms with Gasteiger partial charge < -0.3 is 14.6 Å². The van der Waals surface area contributed by atoms with E-state index in [9.17, 15) is 26.7 Å². The molecule has 0 aromatic heterocycles. The lowest BCUT2D eigenvalue weighted by Gasteiger charge is -2.38. The quantitative estimate of drug-likeness (QED) is 0.682. The van der Waals surface area contributed by atoms with E-state index in [4.69, 9.17) is 9.47 Å². The fraction of sp³-hybridized carbons (Fsp3) is 0.429. The first-order valence-electron chi connectivity index (χ1n) is 9.36. The van der Waals surface area contributed by atoms with E-state index < -0.39 is 50.8 Å². The normalized spacial score (nSPS) is 29.2. The Morgan fingerprint density at radius 2 is 1.71 bits per heavy atom. The Kier molecular flexibility index (Phi) is 5.88. The van der Waals surface area contributed by atoms with Gasteiger partial charge >= 0.3 is 6.18 Å². The molecule has 0 unspecified atom stereocenters. The van der Waals surface area contributed by atoms with Crippen molar-refractivity contribution in [2.24, 2.45) is 5.92 Å². The highest BCUT2D eigenvalue weighted by Gasteiger charge is 2.79. The molecule has 3 rings (SSSR count). The minimum atomic E-state index is -5.65. The smallest absolute Gasteiger partial charge is 0.428 e. The number of ether oxygens (including phenoxy) is 2. The molecule has 10 heteroatoms. The van der Waals surface area contributed by atoms with Crippen molar-refractivity contribution in [3.05, 3.63) is 59.7 Å². The van der Waals surface area contributed by atoms with Gasteiger partial charge in [-0.2, -0.15) is 13.2 Å². The van der Waals surface area contributed by atoms with Gasteiger partial charge in [0.15, 0.2) is 9.84 Å². The molecule has 1 aliphatic rings. The SMILES string of the molecule is COc1ccccc1[C@@]1(O)O[C@@H](C)[C@H](CS(=O)(=O)c2ccc(C)cc2)[C@]1(F)C(F)(F)F. The number of aryl methyl sites for hydroxylation is 1. The summed E-state index contributed by atoms with van der Waals surface area (Å²) in [7, 11) is -3.19. The molecular formula is C21H22F4O5S. The first-order chi connectivity index (χ1) is 14.3. The molecule has 0 saturated carbocycles. The second kappa shape index (κ2) is 7.75. The minimum Gasteiger partial charge on any atom is -0.496 e. The molecule has 2 aromatic rings. The van der Waals surface area contributed by atoms with E-state index in [-0.39, 0.29) is 10.6 Å². The lowest BCUT2D eigenvalue weighted by molar-refractivity contribution is -0.342. The summed E-state index contributed by atoms with van der Waals surface area (Å²) >= 11 is 0. The van der Waals surface area contributed by atoms with Gasteiger partial charge in [0, 0.05) is 5.92 Å². The van der Waals surface area contributed by atoms with Gasteiger partial charge in [-0.1, -0.05) is 29.8 Å². The zero-order valence-corrected chi connectivity index (χ0v) is 17.8. The third kappa shape index (κ3) is 3.70. The number of alkyl halides is 4. The number of para-hydroxylation sites is 1. The van der Waals surface area contributed by atoms with E-state index in [2.05, 4.69) is 0 Å². The third-order valence-electron chi connectivity index (χ3n) is 5.59. The molecule has 31 heavy (non-hydrogen) atoms. The molecule has 1 N–H and O–H groups in total. The Bertz CT molecular complexity index is 1050. The molecule has 1 fully saturated rings. The van der Waals surface area contributed by atoms with Gasteiger partial charge in [0.1, 0.15) is 5.75 Å². The zero-order chi connectivity index (χ0) is 23.2. The average molecular weight is 462 g/mol. The number of halogens is 4. The fourth-order valence-corrected chi connectivity index (χ4v) is 5.64. The molecule has 5 nitrogen and oxygen atoms in total. The van der Waals surface area contributed by atoms with Crippen molar-refractivity contribution in [2.45, 2.75) is 42.5 Å².